The van der Waals surface area contributed by atoms with Crippen LogP contribution >= 0.6 is 0 Å². The first kappa shape index (κ1) is 14.3. The highest BCUT2D eigenvalue weighted by atomic mass is 16.4. The Hall–Kier alpha value is -2.10. The number of hydrogen-bond donors (Lipinski definition) is 1. The first-order chi connectivity index (χ1) is 9.58. The molecule has 0 spiro atoms. The van der Waals surface area contributed by atoms with Crippen LogP contribution < -0.4 is 0 Å². The zero-order valence-electron chi connectivity index (χ0n) is 11.9. The van der Waals surface area contributed by atoms with Crippen molar-refractivity contribution < 1.29 is 9.90 Å². The first-order valence-corrected chi connectivity index (χ1v) is 6.89. The molecule has 2 rings (SSSR count). The van der Waals surface area contributed by atoms with Crippen molar-refractivity contribution in [2.24, 2.45) is 0 Å². The van der Waals surface area contributed by atoms with E-state index in [0.29, 0.717) is 18.9 Å². The van der Waals surface area contributed by atoms with Gasteiger partial charge in [-0.15, -0.1) is 0 Å². The predicted octanol–water partition coefficient (Wildman–Crippen LogP) is 3.27. The number of carboxylic acid groups (broad SMARTS) is 1. The van der Waals surface area contributed by atoms with Gasteiger partial charge in [0, 0.05) is 12.2 Å². The van der Waals surface area contributed by atoms with Crippen molar-refractivity contribution in [3.8, 4) is 0 Å². The summed E-state index contributed by atoms with van der Waals surface area (Å²) in [5, 5.41) is 13.8. The maximum atomic E-state index is 11.4. The number of rotatable bonds is 6. The molecule has 20 heavy (non-hydrogen) atoms. The molecule has 0 bridgehead atoms. The largest absolute Gasteiger partial charge is 0.481 e. The quantitative estimate of drug-likeness (QED) is 0.878. The molecule has 0 radical (unpaired) electrons. The smallest absolute Gasteiger partial charge is 0.310 e. The lowest BCUT2D eigenvalue weighted by molar-refractivity contribution is -0.138. The van der Waals surface area contributed by atoms with E-state index in [0.717, 1.165) is 11.3 Å². The third-order valence-corrected chi connectivity index (χ3v) is 3.38. The standard InChI is InChI=1S/C16H20N2O2/c1-12(2)18-11-10-14(17-18)8-9-15(16(19)20)13-6-4-3-5-7-13/h3-7,10-12,15H,8-9H2,1-2H3,(H,19,20). The van der Waals surface area contributed by atoms with Crippen molar-refractivity contribution in [2.45, 2.75) is 38.6 Å². The Morgan fingerprint density at radius 1 is 1.25 bits per heavy atom. The Morgan fingerprint density at radius 3 is 2.50 bits per heavy atom. The molecule has 1 atom stereocenters. The summed E-state index contributed by atoms with van der Waals surface area (Å²) >= 11 is 0. The Kier molecular flexibility index (Phi) is 4.56. The molecule has 4 heteroatoms. The fourth-order valence-electron chi connectivity index (χ4n) is 2.21. The van der Waals surface area contributed by atoms with Gasteiger partial charge < -0.3 is 5.11 Å². The summed E-state index contributed by atoms with van der Waals surface area (Å²) in [5.74, 6) is -1.25. The predicted molar refractivity (Wildman–Crippen MR) is 77.8 cm³/mol. The summed E-state index contributed by atoms with van der Waals surface area (Å²) in [5.41, 5.74) is 1.80. The summed E-state index contributed by atoms with van der Waals surface area (Å²) in [6, 6.07) is 11.7. The van der Waals surface area contributed by atoms with Crippen molar-refractivity contribution in [3.05, 3.63) is 53.9 Å². The van der Waals surface area contributed by atoms with Crippen LogP contribution in [0.5, 0.6) is 0 Å². The molecule has 1 aromatic carbocycles. The first-order valence-electron chi connectivity index (χ1n) is 6.89. The monoisotopic (exact) mass is 272 g/mol. The van der Waals surface area contributed by atoms with E-state index < -0.39 is 11.9 Å². The minimum atomic E-state index is -0.778. The van der Waals surface area contributed by atoms with Gasteiger partial charge in [-0.2, -0.15) is 5.10 Å². The minimum absolute atomic E-state index is 0.327. The lowest BCUT2D eigenvalue weighted by Crippen LogP contribution is -2.13. The van der Waals surface area contributed by atoms with Gasteiger partial charge in [-0.25, -0.2) is 0 Å². The summed E-state index contributed by atoms with van der Waals surface area (Å²) in [6.45, 7) is 4.14. The van der Waals surface area contributed by atoms with Gasteiger partial charge in [-0.1, -0.05) is 30.3 Å². The Labute approximate surface area is 119 Å². The maximum absolute atomic E-state index is 11.4. The van der Waals surface area contributed by atoms with E-state index >= 15 is 0 Å². The molecule has 1 unspecified atom stereocenters. The van der Waals surface area contributed by atoms with E-state index in [1.807, 2.05) is 47.3 Å². The van der Waals surface area contributed by atoms with Crippen LogP contribution in [-0.2, 0) is 11.2 Å². The summed E-state index contributed by atoms with van der Waals surface area (Å²) < 4.78 is 1.90. The van der Waals surface area contributed by atoms with Crippen LogP contribution in [-0.4, -0.2) is 20.9 Å². The van der Waals surface area contributed by atoms with Crippen LogP contribution in [0.25, 0.3) is 0 Å². The number of aryl methyl sites for hydroxylation is 1. The lowest BCUT2D eigenvalue weighted by atomic mass is 9.94. The Bertz CT molecular complexity index is 561. The van der Waals surface area contributed by atoms with Crippen LogP contribution in [0, 0.1) is 0 Å². The average molecular weight is 272 g/mol. The lowest BCUT2D eigenvalue weighted by Gasteiger charge is -2.11. The number of hydrogen-bond acceptors (Lipinski definition) is 2. The van der Waals surface area contributed by atoms with Crippen molar-refractivity contribution in [2.75, 3.05) is 0 Å². The molecule has 106 valence electrons. The van der Waals surface area contributed by atoms with E-state index in [1.54, 1.807) is 0 Å². The average Bonchev–Trinajstić information content (AvgIpc) is 2.89. The van der Waals surface area contributed by atoms with Gasteiger partial charge in [0.05, 0.1) is 11.6 Å². The number of carboxylic acids is 1. The van der Waals surface area contributed by atoms with Crippen molar-refractivity contribution >= 4 is 5.97 Å². The van der Waals surface area contributed by atoms with Gasteiger partial charge in [-0.3, -0.25) is 9.48 Å². The van der Waals surface area contributed by atoms with E-state index in [4.69, 9.17) is 0 Å². The molecule has 1 aromatic heterocycles. The summed E-state index contributed by atoms with van der Waals surface area (Å²) in [4.78, 5) is 11.4. The number of nitrogens with zero attached hydrogens (tertiary/aromatic N) is 2. The van der Waals surface area contributed by atoms with Crippen LogP contribution in [0.2, 0.25) is 0 Å². The second kappa shape index (κ2) is 6.37. The van der Waals surface area contributed by atoms with Crippen LogP contribution in [0.4, 0.5) is 0 Å². The molecule has 1 heterocycles. The molecule has 0 saturated carbocycles. The minimum Gasteiger partial charge on any atom is -0.481 e. The highest BCUT2D eigenvalue weighted by Crippen LogP contribution is 2.21. The van der Waals surface area contributed by atoms with E-state index in [-0.39, 0.29) is 0 Å². The maximum Gasteiger partial charge on any atom is 0.310 e. The second-order valence-corrected chi connectivity index (χ2v) is 5.22. The van der Waals surface area contributed by atoms with Crippen LogP contribution in [0.1, 0.15) is 43.5 Å². The second-order valence-electron chi connectivity index (χ2n) is 5.22. The van der Waals surface area contributed by atoms with Crippen LogP contribution in [0.15, 0.2) is 42.6 Å². The zero-order valence-corrected chi connectivity index (χ0v) is 11.9. The van der Waals surface area contributed by atoms with Gasteiger partial charge in [0.15, 0.2) is 0 Å². The molecule has 0 saturated heterocycles. The number of carbonyl (C=O) groups is 1. The van der Waals surface area contributed by atoms with Gasteiger partial charge in [0.1, 0.15) is 0 Å². The topological polar surface area (TPSA) is 55.1 Å². The van der Waals surface area contributed by atoms with Gasteiger partial charge >= 0.3 is 5.97 Å². The molecule has 0 aliphatic heterocycles. The summed E-state index contributed by atoms with van der Waals surface area (Å²) in [6.07, 6.45) is 3.18. The SMILES string of the molecule is CC(C)n1ccc(CCC(C(=O)O)c2ccccc2)n1. The molecule has 0 aliphatic rings. The molecule has 0 fully saturated rings. The van der Waals surface area contributed by atoms with Crippen molar-refractivity contribution in [1.82, 2.24) is 9.78 Å². The number of benzene rings is 1. The van der Waals surface area contributed by atoms with E-state index in [1.165, 1.54) is 0 Å². The third kappa shape index (κ3) is 3.47. The van der Waals surface area contributed by atoms with Crippen molar-refractivity contribution in [1.29, 1.82) is 0 Å². The fraction of sp³-hybridized carbons (Fsp3) is 0.375. The summed E-state index contributed by atoms with van der Waals surface area (Å²) in [7, 11) is 0. The molecular weight excluding hydrogens is 252 g/mol. The van der Waals surface area contributed by atoms with Gasteiger partial charge in [0.25, 0.3) is 0 Å². The van der Waals surface area contributed by atoms with Crippen molar-refractivity contribution in [3.63, 3.8) is 0 Å². The number of aliphatic carboxylic acids is 1. The fourth-order valence-corrected chi connectivity index (χ4v) is 2.21. The normalized spacial score (nSPS) is 12.6. The molecule has 0 amide bonds. The van der Waals surface area contributed by atoms with Gasteiger partial charge in [0.2, 0.25) is 0 Å². The molecule has 1 N–H and O–H groups in total. The Morgan fingerprint density at radius 2 is 1.95 bits per heavy atom. The molecule has 2 aromatic rings. The number of aromatic nitrogens is 2. The van der Waals surface area contributed by atoms with E-state index in [9.17, 15) is 9.90 Å². The third-order valence-electron chi connectivity index (χ3n) is 3.38. The van der Waals surface area contributed by atoms with Gasteiger partial charge in [-0.05, 0) is 38.3 Å². The zero-order chi connectivity index (χ0) is 14.5. The van der Waals surface area contributed by atoms with E-state index in [2.05, 4.69) is 18.9 Å². The molecule has 0 aliphatic carbocycles. The molecule has 4 nitrogen and oxygen atoms in total. The Balaban J connectivity index is 2.04. The van der Waals surface area contributed by atoms with Crippen LogP contribution in [0.3, 0.4) is 0 Å². The highest BCUT2D eigenvalue weighted by molar-refractivity contribution is 5.76. The molecular formula is C16H20N2O2. The highest BCUT2D eigenvalue weighted by Gasteiger charge is 2.19.